The third-order valence-corrected chi connectivity index (χ3v) is 4.41. The number of fused-ring (bicyclic) bond motifs is 2. The molecule has 26 heavy (non-hydrogen) atoms. The van der Waals surface area contributed by atoms with E-state index in [0.717, 1.165) is 21.6 Å². The summed E-state index contributed by atoms with van der Waals surface area (Å²) in [6.45, 7) is 4.85. The van der Waals surface area contributed by atoms with Crippen molar-refractivity contribution in [1.29, 1.82) is 5.26 Å². The van der Waals surface area contributed by atoms with Gasteiger partial charge in [0, 0.05) is 11.9 Å². The van der Waals surface area contributed by atoms with Gasteiger partial charge in [0.2, 0.25) is 5.88 Å². The zero-order valence-corrected chi connectivity index (χ0v) is 14.6. The summed E-state index contributed by atoms with van der Waals surface area (Å²) >= 11 is 0. The third kappa shape index (κ3) is 2.47. The highest BCUT2D eigenvalue weighted by molar-refractivity contribution is 6.00. The molecule has 0 atom stereocenters. The first-order chi connectivity index (χ1) is 12.6. The maximum Gasteiger partial charge on any atom is 0.201 e. The summed E-state index contributed by atoms with van der Waals surface area (Å²) in [7, 11) is 0. The second-order valence-corrected chi connectivity index (χ2v) is 6.74. The molecular formula is C21H18N4O. The first-order valence-electron chi connectivity index (χ1n) is 8.57. The van der Waals surface area contributed by atoms with Crippen molar-refractivity contribution in [3.8, 4) is 11.9 Å². The molecule has 2 aromatic carbocycles. The minimum absolute atomic E-state index is 0.0882. The Morgan fingerprint density at radius 2 is 1.69 bits per heavy atom. The smallest absolute Gasteiger partial charge is 0.201 e. The molecule has 0 spiro atoms. The lowest BCUT2D eigenvalue weighted by Gasteiger charge is -2.09. The number of nitrogens with zero attached hydrogens (tertiary/aromatic N) is 4. The van der Waals surface area contributed by atoms with Crippen LogP contribution in [0.2, 0.25) is 0 Å². The second kappa shape index (κ2) is 6.16. The lowest BCUT2D eigenvalue weighted by Crippen LogP contribution is -2.19. The largest absolute Gasteiger partial charge is 0.494 e. The number of hydrogen-bond donors (Lipinski definition) is 1. The van der Waals surface area contributed by atoms with E-state index >= 15 is 0 Å². The molecule has 2 heterocycles. The summed E-state index contributed by atoms with van der Waals surface area (Å²) in [5, 5.41) is 23.1. The summed E-state index contributed by atoms with van der Waals surface area (Å²) < 4.78 is 1.86. The Morgan fingerprint density at radius 1 is 1.08 bits per heavy atom. The van der Waals surface area contributed by atoms with Gasteiger partial charge in [-0.3, -0.25) is 0 Å². The number of rotatable bonds is 3. The summed E-state index contributed by atoms with van der Waals surface area (Å²) in [5.74, 6) is 0.787. The molecule has 3 aromatic rings. The standard InChI is InChI=1S/C21H18N4O/c1-13(2)12-25-18-10-6-3-7-14(18)19(21(25)26)15(11-22)20-23-16-8-4-5-9-17(16)24-20/h3-10,13,26H,12H2,1-2H3. The molecule has 128 valence electrons. The van der Waals surface area contributed by atoms with Crippen molar-refractivity contribution in [3.63, 3.8) is 0 Å². The number of hydrogen-bond acceptors (Lipinski definition) is 4. The Balaban J connectivity index is 2.03. The molecule has 5 heteroatoms. The molecule has 1 aliphatic rings. The van der Waals surface area contributed by atoms with Crippen molar-refractivity contribution in [1.82, 2.24) is 4.57 Å². The molecule has 0 fully saturated rings. The molecule has 1 aromatic heterocycles. The van der Waals surface area contributed by atoms with Gasteiger partial charge in [-0.15, -0.1) is 0 Å². The van der Waals surface area contributed by atoms with Gasteiger partial charge in [-0.2, -0.15) is 5.26 Å². The summed E-state index contributed by atoms with van der Waals surface area (Å²) in [4.78, 5) is 8.97. The molecule has 1 aliphatic heterocycles. The second-order valence-electron chi connectivity index (χ2n) is 6.74. The van der Waals surface area contributed by atoms with Crippen LogP contribution in [0.1, 0.15) is 19.4 Å². The van der Waals surface area contributed by atoms with Crippen molar-refractivity contribution in [3.05, 3.63) is 70.6 Å². The Labute approximate surface area is 150 Å². The van der Waals surface area contributed by atoms with Crippen LogP contribution in [0.4, 0.5) is 0 Å². The lowest BCUT2D eigenvalue weighted by atomic mass is 10.1. The first-order valence-corrected chi connectivity index (χ1v) is 8.57. The molecule has 0 bridgehead atoms. The monoisotopic (exact) mass is 342 g/mol. The first kappa shape index (κ1) is 16.1. The van der Waals surface area contributed by atoms with Crippen LogP contribution in [0.5, 0.6) is 5.88 Å². The fourth-order valence-corrected chi connectivity index (χ4v) is 3.32. The van der Waals surface area contributed by atoms with E-state index in [1.807, 2.05) is 53.1 Å². The van der Waals surface area contributed by atoms with Crippen LogP contribution in [-0.4, -0.2) is 9.67 Å². The molecule has 0 saturated heterocycles. The molecule has 0 saturated carbocycles. The molecule has 1 N–H and O–H groups in total. The number of aromatic nitrogens is 1. The van der Waals surface area contributed by atoms with Gasteiger partial charge >= 0.3 is 0 Å². The van der Waals surface area contributed by atoms with Crippen LogP contribution in [0.3, 0.4) is 0 Å². The predicted octanol–water partition coefficient (Wildman–Crippen LogP) is 3.15. The van der Waals surface area contributed by atoms with Gasteiger partial charge in [0.05, 0.1) is 21.8 Å². The number of nitriles is 1. The Kier molecular flexibility index (Phi) is 3.81. The highest BCUT2D eigenvalue weighted by Gasteiger charge is 2.23. The van der Waals surface area contributed by atoms with Crippen molar-refractivity contribution in [2.24, 2.45) is 15.9 Å². The van der Waals surface area contributed by atoms with Crippen LogP contribution in [-0.2, 0) is 6.54 Å². The lowest BCUT2D eigenvalue weighted by molar-refractivity contribution is 0.399. The minimum Gasteiger partial charge on any atom is -0.494 e. The highest BCUT2D eigenvalue weighted by Crippen LogP contribution is 2.38. The van der Waals surface area contributed by atoms with Gasteiger partial charge in [0.15, 0.2) is 5.82 Å². The topological polar surface area (TPSA) is 73.7 Å². The SMILES string of the molecule is CC(C)Cn1c(O)c(C(C#N)=C2N=c3ccccc3=N2)c2ccccc21. The van der Waals surface area contributed by atoms with Gasteiger partial charge < -0.3 is 9.67 Å². The maximum atomic E-state index is 10.9. The van der Waals surface area contributed by atoms with Gasteiger partial charge in [-0.25, -0.2) is 9.98 Å². The number of benzene rings is 2. The zero-order valence-electron chi connectivity index (χ0n) is 14.6. The number of aromatic hydroxyl groups is 1. The predicted molar refractivity (Wildman–Crippen MR) is 99.7 cm³/mol. The van der Waals surface area contributed by atoms with Crippen LogP contribution >= 0.6 is 0 Å². The molecular weight excluding hydrogens is 324 g/mol. The van der Waals surface area contributed by atoms with E-state index in [1.54, 1.807) is 0 Å². The molecule has 0 aliphatic carbocycles. The van der Waals surface area contributed by atoms with E-state index in [1.165, 1.54) is 0 Å². The minimum atomic E-state index is 0.0882. The fourth-order valence-electron chi connectivity index (χ4n) is 3.32. The number of allylic oxidation sites excluding steroid dienone is 1. The van der Waals surface area contributed by atoms with Crippen LogP contribution in [0.25, 0.3) is 16.5 Å². The van der Waals surface area contributed by atoms with Gasteiger partial charge in [-0.1, -0.05) is 44.2 Å². The highest BCUT2D eigenvalue weighted by atomic mass is 16.3. The molecule has 0 unspecified atom stereocenters. The van der Waals surface area contributed by atoms with Crippen LogP contribution < -0.4 is 10.7 Å². The summed E-state index contributed by atoms with van der Waals surface area (Å²) in [6, 6.07) is 17.4. The Morgan fingerprint density at radius 3 is 2.31 bits per heavy atom. The van der Waals surface area contributed by atoms with Crippen LogP contribution in [0, 0.1) is 17.2 Å². The molecule has 0 radical (unpaired) electrons. The normalized spacial score (nSPS) is 12.6. The zero-order chi connectivity index (χ0) is 18.3. The Hall–Kier alpha value is -3.39. The fraction of sp³-hybridized carbons (Fsp3) is 0.190. The Bertz CT molecular complexity index is 1170. The van der Waals surface area contributed by atoms with Crippen molar-refractivity contribution >= 4 is 16.5 Å². The van der Waals surface area contributed by atoms with Gasteiger partial charge in [-0.05, 0) is 24.1 Å². The van der Waals surface area contributed by atoms with Gasteiger partial charge in [0.1, 0.15) is 11.6 Å². The quantitative estimate of drug-likeness (QED) is 0.743. The van der Waals surface area contributed by atoms with Gasteiger partial charge in [0.25, 0.3) is 0 Å². The summed E-state index contributed by atoms with van der Waals surface area (Å²) in [6.07, 6.45) is 0. The van der Waals surface area contributed by atoms with Crippen molar-refractivity contribution in [2.45, 2.75) is 20.4 Å². The average molecular weight is 342 g/mol. The molecule has 5 nitrogen and oxygen atoms in total. The van der Waals surface area contributed by atoms with E-state index in [9.17, 15) is 10.4 Å². The third-order valence-electron chi connectivity index (χ3n) is 4.41. The van der Waals surface area contributed by atoms with Crippen molar-refractivity contribution < 1.29 is 5.11 Å². The van der Waals surface area contributed by atoms with Crippen LogP contribution in [0.15, 0.2) is 64.3 Å². The summed E-state index contributed by atoms with van der Waals surface area (Å²) in [5.41, 5.74) is 1.69. The van der Waals surface area contributed by atoms with E-state index in [-0.39, 0.29) is 11.5 Å². The molecule has 4 rings (SSSR count). The number of para-hydroxylation sites is 3. The van der Waals surface area contributed by atoms with E-state index < -0.39 is 0 Å². The van der Waals surface area contributed by atoms with E-state index in [2.05, 4.69) is 29.9 Å². The molecule has 0 amide bonds. The van der Waals surface area contributed by atoms with E-state index in [0.29, 0.717) is 23.8 Å². The van der Waals surface area contributed by atoms with Crippen molar-refractivity contribution in [2.75, 3.05) is 0 Å². The van der Waals surface area contributed by atoms with E-state index in [4.69, 9.17) is 0 Å². The average Bonchev–Trinajstić information content (AvgIpc) is 3.17. The maximum absolute atomic E-state index is 10.9.